The minimum Gasteiger partial charge on any atom is -0.372 e. The van der Waals surface area contributed by atoms with Crippen LogP contribution in [0.2, 0.25) is 0 Å². The molecule has 2 aliphatic heterocycles. The van der Waals surface area contributed by atoms with Crippen LogP contribution in [0.5, 0.6) is 0 Å². The Hall–Kier alpha value is -1.02. The number of aryl methyl sites for hydroxylation is 1. The van der Waals surface area contributed by atoms with E-state index in [2.05, 4.69) is 40.9 Å². The quantitative estimate of drug-likeness (QED) is 0.782. The molecular weight excluding hydrogens is 348 g/mol. The van der Waals surface area contributed by atoms with Gasteiger partial charge in [-0.1, -0.05) is 0 Å². The maximum atomic E-state index is 12.5. The molecule has 146 valence electrons. The SMILES string of the molecule is Cc1nc(CN2CCOC3(CCN(C(=O)CN(C)C(C)C)CC3)C2)cs1. The molecule has 3 heterocycles. The Balaban J connectivity index is 1.51. The minimum atomic E-state index is -0.0932. The standard InChI is InChI=1S/C19H32N4O2S/c1-15(2)21(4)12-18(24)23-7-5-19(6-8-23)14-22(9-10-25-19)11-17-13-26-16(3)20-17/h13,15H,5-12,14H2,1-4H3. The maximum Gasteiger partial charge on any atom is 0.236 e. The number of rotatable bonds is 5. The highest BCUT2D eigenvalue weighted by Crippen LogP contribution is 2.31. The summed E-state index contributed by atoms with van der Waals surface area (Å²) in [5.74, 6) is 0.238. The fourth-order valence-electron chi connectivity index (χ4n) is 3.73. The lowest BCUT2D eigenvalue weighted by Gasteiger charge is -2.47. The molecule has 2 aliphatic rings. The van der Waals surface area contributed by atoms with E-state index < -0.39 is 0 Å². The van der Waals surface area contributed by atoms with E-state index in [-0.39, 0.29) is 11.5 Å². The van der Waals surface area contributed by atoms with Gasteiger partial charge in [0.2, 0.25) is 5.91 Å². The summed E-state index contributed by atoms with van der Waals surface area (Å²) < 4.78 is 6.22. The van der Waals surface area contributed by atoms with Crippen molar-refractivity contribution in [2.24, 2.45) is 0 Å². The van der Waals surface area contributed by atoms with Gasteiger partial charge in [-0.25, -0.2) is 4.98 Å². The highest BCUT2D eigenvalue weighted by atomic mass is 32.1. The summed E-state index contributed by atoms with van der Waals surface area (Å²) in [6.07, 6.45) is 1.85. The van der Waals surface area contributed by atoms with Crippen LogP contribution >= 0.6 is 11.3 Å². The number of nitrogens with zero attached hydrogens (tertiary/aromatic N) is 4. The molecule has 0 bridgehead atoms. The third-order valence-corrected chi connectivity index (χ3v) is 6.50. The molecule has 2 saturated heterocycles. The molecule has 3 rings (SSSR count). The van der Waals surface area contributed by atoms with E-state index in [1.165, 1.54) is 0 Å². The van der Waals surface area contributed by atoms with Gasteiger partial charge in [-0.15, -0.1) is 11.3 Å². The Morgan fingerprint density at radius 3 is 2.73 bits per heavy atom. The molecule has 0 aliphatic carbocycles. The molecule has 0 unspecified atom stereocenters. The molecule has 6 nitrogen and oxygen atoms in total. The minimum absolute atomic E-state index is 0.0932. The van der Waals surface area contributed by atoms with E-state index in [0.29, 0.717) is 12.6 Å². The van der Waals surface area contributed by atoms with Crippen LogP contribution in [0.15, 0.2) is 5.38 Å². The first-order chi connectivity index (χ1) is 12.4. The second-order valence-electron chi connectivity index (χ2n) is 7.99. The molecule has 0 N–H and O–H groups in total. The molecule has 1 amide bonds. The number of amides is 1. The lowest BCUT2D eigenvalue weighted by atomic mass is 9.89. The van der Waals surface area contributed by atoms with Gasteiger partial charge in [-0.3, -0.25) is 14.6 Å². The first-order valence-corrected chi connectivity index (χ1v) is 10.5. The lowest BCUT2D eigenvalue weighted by Crippen LogP contribution is -2.58. The monoisotopic (exact) mass is 380 g/mol. The Morgan fingerprint density at radius 1 is 1.38 bits per heavy atom. The molecular formula is C19H32N4O2S. The largest absolute Gasteiger partial charge is 0.372 e. The van der Waals surface area contributed by atoms with Crippen LogP contribution in [0.1, 0.15) is 37.4 Å². The van der Waals surface area contributed by atoms with Gasteiger partial charge in [-0.2, -0.15) is 0 Å². The normalized spacial score (nSPS) is 21.1. The number of likely N-dealkylation sites (N-methyl/N-ethyl adjacent to an activating group) is 1. The van der Waals surface area contributed by atoms with Gasteiger partial charge in [0.1, 0.15) is 0 Å². The van der Waals surface area contributed by atoms with Crippen LogP contribution in [0.4, 0.5) is 0 Å². The van der Waals surface area contributed by atoms with Gasteiger partial charge < -0.3 is 9.64 Å². The van der Waals surface area contributed by atoms with Crippen molar-refractivity contribution in [3.8, 4) is 0 Å². The van der Waals surface area contributed by atoms with Crippen LogP contribution in [0.3, 0.4) is 0 Å². The zero-order valence-electron chi connectivity index (χ0n) is 16.5. The smallest absolute Gasteiger partial charge is 0.236 e. The lowest BCUT2D eigenvalue weighted by molar-refractivity contribution is -0.152. The van der Waals surface area contributed by atoms with Gasteiger partial charge >= 0.3 is 0 Å². The predicted octanol–water partition coefficient (Wildman–Crippen LogP) is 1.99. The highest BCUT2D eigenvalue weighted by molar-refractivity contribution is 7.09. The summed E-state index contributed by atoms with van der Waals surface area (Å²) in [6.45, 7) is 12.0. The van der Waals surface area contributed by atoms with E-state index >= 15 is 0 Å². The van der Waals surface area contributed by atoms with Crippen LogP contribution < -0.4 is 0 Å². The van der Waals surface area contributed by atoms with E-state index in [1.807, 2.05) is 11.9 Å². The molecule has 0 radical (unpaired) electrons. The van der Waals surface area contributed by atoms with Crippen LogP contribution in [0, 0.1) is 6.92 Å². The second-order valence-corrected chi connectivity index (χ2v) is 9.05. The summed E-state index contributed by atoms with van der Waals surface area (Å²) in [5, 5.41) is 3.28. The number of carbonyl (C=O) groups excluding carboxylic acids is 1. The first-order valence-electron chi connectivity index (χ1n) is 9.62. The van der Waals surface area contributed by atoms with Gasteiger partial charge in [0, 0.05) is 44.1 Å². The van der Waals surface area contributed by atoms with Gasteiger partial charge in [0.25, 0.3) is 0 Å². The van der Waals surface area contributed by atoms with E-state index in [0.717, 1.165) is 62.9 Å². The number of likely N-dealkylation sites (tertiary alicyclic amines) is 1. The van der Waals surface area contributed by atoms with Gasteiger partial charge in [-0.05, 0) is 40.7 Å². The number of piperidine rings is 1. The first kappa shape index (κ1) is 19.7. The molecule has 26 heavy (non-hydrogen) atoms. The summed E-state index contributed by atoms with van der Waals surface area (Å²) in [6, 6.07) is 0.389. The number of thiazole rings is 1. The number of aromatic nitrogens is 1. The molecule has 1 spiro atoms. The van der Waals surface area contributed by atoms with Crippen molar-refractivity contribution in [3.05, 3.63) is 16.1 Å². The third kappa shape index (κ3) is 4.82. The Bertz CT molecular complexity index is 610. The molecule has 0 saturated carbocycles. The van der Waals surface area contributed by atoms with Crippen LogP contribution in [0.25, 0.3) is 0 Å². The molecule has 1 aromatic rings. The van der Waals surface area contributed by atoms with Gasteiger partial charge in [0.05, 0.1) is 29.5 Å². The van der Waals surface area contributed by atoms with Crippen LogP contribution in [-0.4, -0.2) is 83.6 Å². The van der Waals surface area contributed by atoms with Crippen molar-refractivity contribution >= 4 is 17.2 Å². The average Bonchev–Trinajstić information content (AvgIpc) is 3.00. The summed E-state index contributed by atoms with van der Waals surface area (Å²) in [4.78, 5) is 23.7. The second kappa shape index (κ2) is 8.33. The van der Waals surface area contributed by atoms with E-state index in [4.69, 9.17) is 4.74 Å². The van der Waals surface area contributed by atoms with Crippen molar-refractivity contribution < 1.29 is 9.53 Å². The summed E-state index contributed by atoms with van der Waals surface area (Å²) in [5.41, 5.74) is 1.07. The molecule has 0 atom stereocenters. The number of hydrogen-bond acceptors (Lipinski definition) is 6. The van der Waals surface area contributed by atoms with E-state index in [1.54, 1.807) is 11.3 Å². The number of hydrogen-bond donors (Lipinski definition) is 0. The van der Waals surface area contributed by atoms with Crippen LogP contribution in [-0.2, 0) is 16.1 Å². The fraction of sp³-hybridized carbons (Fsp3) is 0.789. The van der Waals surface area contributed by atoms with Crippen molar-refractivity contribution in [3.63, 3.8) is 0 Å². The molecule has 2 fully saturated rings. The van der Waals surface area contributed by atoms with Crippen molar-refractivity contribution in [2.45, 2.75) is 51.8 Å². The predicted molar refractivity (Wildman–Crippen MR) is 104 cm³/mol. The van der Waals surface area contributed by atoms with Crippen molar-refractivity contribution in [2.75, 3.05) is 46.4 Å². The fourth-order valence-corrected chi connectivity index (χ4v) is 4.33. The Kier molecular flexibility index (Phi) is 6.33. The molecule has 0 aromatic carbocycles. The zero-order valence-corrected chi connectivity index (χ0v) is 17.3. The van der Waals surface area contributed by atoms with Crippen molar-refractivity contribution in [1.29, 1.82) is 0 Å². The van der Waals surface area contributed by atoms with Crippen molar-refractivity contribution in [1.82, 2.24) is 19.7 Å². The zero-order chi connectivity index (χ0) is 18.7. The average molecular weight is 381 g/mol. The molecule has 1 aromatic heterocycles. The topological polar surface area (TPSA) is 48.9 Å². The maximum absolute atomic E-state index is 12.5. The number of ether oxygens (including phenoxy) is 1. The van der Waals surface area contributed by atoms with Gasteiger partial charge in [0.15, 0.2) is 0 Å². The Labute approximate surface area is 161 Å². The summed E-state index contributed by atoms with van der Waals surface area (Å²) >= 11 is 1.71. The third-order valence-electron chi connectivity index (χ3n) is 5.67. The molecule has 7 heteroatoms. The van der Waals surface area contributed by atoms with E-state index in [9.17, 15) is 4.79 Å². The number of morpholine rings is 1. The number of carbonyl (C=O) groups is 1. The summed E-state index contributed by atoms with van der Waals surface area (Å²) in [7, 11) is 2.01. The Morgan fingerprint density at radius 2 is 2.12 bits per heavy atom. The highest BCUT2D eigenvalue weighted by Gasteiger charge is 2.40.